The summed E-state index contributed by atoms with van der Waals surface area (Å²) < 4.78 is 6.10. The average Bonchev–Trinajstić information content (AvgIpc) is 3.08. The lowest BCUT2D eigenvalue weighted by molar-refractivity contribution is 0.198. The van der Waals surface area contributed by atoms with Gasteiger partial charge in [-0.05, 0) is 48.4 Å². The number of aryl methyl sites for hydroxylation is 1. The highest BCUT2D eigenvalue weighted by Crippen LogP contribution is 2.39. The van der Waals surface area contributed by atoms with E-state index < -0.39 is 6.09 Å². The van der Waals surface area contributed by atoms with Crippen molar-refractivity contribution < 1.29 is 14.6 Å². The zero-order valence-electron chi connectivity index (χ0n) is 21.0. The zero-order chi connectivity index (χ0) is 26.0. The van der Waals surface area contributed by atoms with Crippen molar-refractivity contribution in [3.63, 3.8) is 0 Å². The predicted octanol–water partition coefficient (Wildman–Crippen LogP) is 4.19. The number of benzene rings is 1. The van der Waals surface area contributed by atoms with Crippen molar-refractivity contribution >= 4 is 23.4 Å². The van der Waals surface area contributed by atoms with Crippen LogP contribution in [0.4, 0.5) is 22.1 Å². The topological polar surface area (TPSA) is 139 Å². The Bertz CT molecular complexity index is 1360. The molecule has 0 radical (unpaired) electrons. The largest absolute Gasteiger partial charge is 0.491 e. The van der Waals surface area contributed by atoms with Gasteiger partial charge in [0.25, 0.3) is 0 Å². The molecule has 0 fully saturated rings. The number of carboxylic acid groups (broad SMARTS) is 1. The second-order valence-electron chi connectivity index (χ2n) is 10.1. The molecule has 0 atom stereocenters. The van der Waals surface area contributed by atoms with Gasteiger partial charge in [-0.25, -0.2) is 19.7 Å². The Kier molecular flexibility index (Phi) is 6.56. The fraction of sp³-hybridized carbons (Fsp3) is 0.333. The van der Waals surface area contributed by atoms with Crippen molar-refractivity contribution in [1.82, 2.24) is 20.3 Å². The van der Waals surface area contributed by atoms with Crippen molar-refractivity contribution in [2.24, 2.45) is 5.41 Å². The molecule has 3 aromatic rings. The highest BCUT2D eigenvalue weighted by molar-refractivity contribution is 5.74. The molecule has 5 N–H and O–H groups in total. The first kappa shape index (κ1) is 24.4. The van der Waals surface area contributed by atoms with E-state index in [0.29, 0.717) is 24.7 Å². The van der Waals surface area contributed by atoms with E-state index in [1.165, 1.54) is 18.0 Å². The highest BCUT2D eigenvalue weighted by atomic mass is 16.5. The number of nitrogens with two attached hydrogens (primary N) is 1. The molecule has 10 heteroatoms. The molecule has 1 aromatic carbocycles. The molecule has 10 nitrogen and oxygen atoms in total. The maximum atomic E-state index is 10.5. The Morgan fingerprint density at radius 1 is 1.19 bits per heavy atom. The number of nitrogens with zero attached hydrogens (tertiary/aromatic N) is 4. The highest BCUT2D eigenvalue weighted by Gasteiger charge is 2.30. The molecule has 192 valence electrons. The number of nitrogen functional groups attached to an aromatic ring is 1. The smallest absolute Gasteiger partial charge is 0.408 e. The average molecular weight is 502 g/mol. The SMILES string of the molecule is CC1(C)CCc2ncnc(N3CCOc4ccc(-c5cnc(NC=CNC(=O)O)c(N)c5)cc4C3)c2C1. The van der Waals surface area contributed by atoms with E-state index in [4.69, 9.17) is 20.6 Å². The molecular weight excluding hydrogens is 470 g/mol. The van der Waals surface area contributed by atoms with Crippen LogP contribution in [0.3, 0.4) is 0 Å². The third kappa shape index (κ3) is 5.42. The minimum Gasteiger partial charge on any atom is -0.491 e. The number of fused-ring (bicyclic) bond motifs is 2. The fourth-order valence-electron chi connectivity index (χ4n) is 4.88. The number of amides is 1. The molecule has 0 unspecified atom stereocenters. The second kappa shape index (κ2) is 9.96. The van der Waals surface area contributed by atoms with Gasteiger partial charge in [-0.3, -0.25) is 5.32 Å². The first-order valence-corrected chi connectivity index (χ1v) is 12.3. The maximum Gasteiger partial charge on any atom is 0.408 e. The number of ether oxygens (including phenoxy) is 1. The van der Waals surface area contributed by atoms with Gasteiger partial charge >= 0.3 is 6.09 Å². The summed E-state index contributed by atoms with van der Waals surface area (Å²) >= 11 is 0. The first-order chi connectivity index (χ1) is 17.8. The molecule has 1 amide bonds. The summed E-state index contributed by atoms with van der Waals surface area (Å²) in [5.74, 6) is 2.31. The third-order valence-corrected chi connectivity index (χ3v) is 6.81. The lowest BCUT2D eigenvalue weighted by Gasteiger charge is -2.33. The Hall–Kier alpha value is -4.34. The van der Waals surface area contributed by atoms with E-state index in [9.17, 15) is 4.79 Å². The molecule has 0 spiro atoms. The van der Waals surface area contributed by atoms with Crippen LogP contribution in [0.15, 0.2) is 49.2 Å². The van der Waals surface area contributed by atoms with Crippen LogP contribution in [0.5, 0.6) is 5.75 Å². The summed E-state index contributed by atoms with van der Waals surface area (Å²) in [6, 6.07) is 7.96. The molecule has 0 saturated carbocycles. The molecule has 2 aromatic heterocycles. The zero-order valence-corrected chi connectivity index (χ0v) is 21.0. The summed E-state index contributed by atoms with van der Waals surface area (Å²) in [6.07, 6.45) is 8.03. The molecule has 1 aliphatic carbocycles. The Balaban J connectivity index is 1.39. The van der Waals surface area contributed by atoms with Crippen LogP contribution in [-0.4, -0.2) is 39.3 Å². The first-order valence-electron chi connectivity index (χ1n) is 12.3. The molecule has 5 rings (SSSR count). The van der Waals surface area contributed by atoms with Gasteiger partial charge in [0.2, 0.25) is 0 Å². The number of rotatable bonds is 5. The minimum absolute atomic E-state index is 0.233. The molecular formula is C27H31N7O3. The van der Waals surface area contributed by atoms with Gasteiger partial charge < -0.3 is 25.8 Å². The van der Waals surface area contributed by atoms with Crippen LogP contribution in [0.25, 0.3) is 11.1 Å². The van der Waals surface area contributed by atoms with Crippen LogP contribution < -0.4 is 26.0 Å². The number of hydrogen-bond acceptors (Lipinski definition) is 8. The van der Waals surface area contributed by atoms with Gasteiger partial charge in [0.15, 0.2) is 5.82 Å². The van der Waals surface area contributed by atoms with Crippen molar-refractivity contribution in [2.75, 3.05) is 29.1 Å². The van der Waals surface area contributed by atoms with Gasteiger partial charge in [-0.15, -0.1) is 0 Å². The number of pyridine rings is 1. The van der Waals surface area contributed by atoms with Gasteiger partial charge in [0.1, 0.15) is 24.5 Å². The molecule has 37 heavy (non-hydrogen) atoms. The number of hydrogen-bond donors (Lipinski definition) is 4. The fourth-order valence-corrected chi connectivity index (χ4v) is 4.88. The second-order valence-corrected chi connectivity index (χ2v) is 10.1. The summed E-state index contributed by atoms with van der Waals surface area (Å²) in [6.45, 7) is 6.62. The Morgan fingerprint density at radius 2 is 2.05 bits per heavy atom. The molecule has 0 bridgehead atoms. The van der Waals surface area contributed by atoms with Crippen LogP contribution in [-0.2, 0) is 19.4 Å². The quantitative estimate of drug-likeness (QED) is 0.405. The van der Waals surface area contributed by atoms with Gasteiger partial charge in [-0.1, -0.05) is 19.9 Å². The minimum atomic E-state index is -1.15. The molecule has 1 aliphatic heterocycles. The Labute approximate surface area is 215 Å². The van der Waals surface area contributed by atoms with Crippen molar-refractivity contribution in [1.29, 1.82) is 0 Å². The summed E-state index contributed by atoms with van der Waals surface area (Å²) in [5, 5.41) is 13.6. The van der Waals surface area contributed by atoms with E-state index >= 15 is 0 Å². The lowest BCUT2D eigenvalue weighted by atomic mass is 9.76. The molecule has 2 aliphatic rings. The number of aromatic nitrogens is 3. The van der Waals surface area contributed by atoms with E-state index in [1.54, 1.807) is 12.5 Å². The van der Waals surface area contributed by atoms with Crippen molar-refractivity contribution in [3.8, 4) is 16.9 Å². The summed E-state index contributed by atoms with van der Waals surface area (Å²) in [4.78, 5) is 26.6. The summed E-state index contributed by atoms with van der Waals surface area (Å²) in [7, 11) is 0. The van der Waals surface area contributed by atoms with Crippen LogP contribution in [0.1, 0.15) is 37.1 Å². The van der Waals surface area contributed by atoms with E-state index in [2.05, 4.69) is 45.4 Å². The standard InChI is InChI=1S/C27H31N7O3/c1-27(2)6-5-22-20(13-27)25(33-16-32-22)34-9-10-37-23-4-3-17(11-19(23)15-34)18-12-21(28)24(31-14-18)29-7-8-30-26(35)36/h3-4,7-8,11-12,14,16,30H,5-6,9-10,13,15,28H2,1-2H3,(H,29,31)(H,35,36). The Morgan fingerprint density at radius 3 is 2.86 bits per heavy atom. The van der Waals surface area contributed by atoms with Crippen LogP contribution in [0, 0.1) is 5.41 Å². The normalized spacial score (nSPS) is 16.3. The monoisotopic (exact) mass is 501 g/mol. The third-order valence-electron chi connectivity index (χ3n) is 6.81. The van der Waals surface area contributed by atoms with Crippen molar-refractivity contribution in [2.45, 2.75) is 39.7 Å². The molecule has 0 saturated heterocycles. The van der Waals surface area contributed by atoms with E-state index in [1.807, 2.05) is 18.2 Å². The number of nitrogens with one attached hydrogen (secondary N) is 2. The van der Waals surface area contributed by atoms with Crippen molar-refractivity contribution in [3.05, 3.63) is 66.0 Å². The van der Waals surface area contributed by atoms with Gasteiger partial charge in [-0.2, -0.15) is 0 Å². The summed E-state index contributed by atoms with van der Waals surface area (Å²) in [5.41, 5.74) is 12.2. The number of anilines is 3. The predicted molar refractivity (Wildman–Crippen MR) is 142 cm³/mol. The molecule has 3 heterocycles. The maximum absolute atomic E-state index is 10.5. The van der Waals surface area contributed by atoms with Gasteiger partial charge in [0.05, 0.1) is 12.2 Å². The van der Waals surface area contributed by atoms with Crippen LogP contribution in [0.2, 0.25) is 0 Å². The lowest BCUT2D eigenvalue weighted by Crippen LogP contribution is -2.31. The number of carbonyl (C=O) groups is 1. The van der Waals surface area contributed by atoms with E-state index in [0.717, 1.165) is 59.8 Å². The van der Waals surface area contributed by atoms with Gasteiger partial charge in [0, 0.05) is 47.5 Å². The van der Waals surface area contributed by atoms with E-state index in [-0.39, 0.29) is 5.41 Å². The van der Waals surface area contributed by atoms with Crippen LogP contribution >= 0.6 is 0 Å².